The molecular weight excluding hydrogens is 364 g/mol. The average molecular weight is 384 g/mol. The van der Waals surface area contributed by atoms with Gasteiger partial charge in [0.1, 0.15) is 11.3 Å². The summed E-state index contributed by atoms with van der Waals surface area (Å²) in [5, 5.41) is 2.39. The van der Waals surface area contributed by atoms with Crippen LogP contribution in [0.3, 0.4) is 0 Å². The van der Waals surface area contributed by atoms with Crippen molar-refractivity contribution in [2.75, 3.05) is 6.54 Å². The Kier molecular flexibility index (Phi) is 4.22. The molecule has 27 heavy (non-hydrogen) atoms. The zero-order valence-corrected chi connectivity index (χ0v) is 16.2. The van der Waals surface area contributed by atoms with Crippen molar-refractivity contribution in [1.82, 2.24) is 19.0 Å². The van der Waals surface area contributed by atoms with Gasteiger partial charge in [-0.3, -0.25) is 18.7 Å². The molecule has 0 aliphatic carbocycles. The van der Waals surface area contributed by atoms with Crippen LogP contribution in [-0.2, 0) is 20.5 Å². The van der Waals surface area contributed by atoms with Crippen molar-refractivity contribution in [2.24, 2.45) is 14.1 Å². The summed E-state index contributed by atoms with van der Waals surface area (Å²) >= 11 is 1.73. The summed E-state index contributed by atoms with van der Waals surface area (Å²) < 4.78 is 2.35. The van der Waals surface area contributed by atoms with Crippen LogP contribution in [0, 0.1) is 0 Å². The van der Waals surface area contributed by atoms with Gasteiger partial charge in [-0.25, -0.2) is 9.78 Å². The number of rotatable bonds is 2. The first-order valence-electron chi connectivity index (χ1n) is 8.88. The van der Waals surface area contributed by atoms with Crippen LogP contribution in [0.5, 0.6) is 0 Å². The average Bonchev–Trinajstić information content (AvgIpc) is 3.17. The van der Waals surface area contributed by atoms with E-state index in [-0.39, 0.29) is 23.3 Å². The van der Waals surface area contributed by atoms with E-state index in [0.29, 0.717) is 11.9 Å². The van der Waals surface area contributed by atoms with E-state index < -0.39 is 11.2 Å². The number of hydrogen-bond acceptors (Lipinski definition) is 5. The second-order valence-electron chi connectivity index (χ2n) is 6.75. The number of fused-ring (bicyclic) bond motifs is 2. The minimum absolute atomic E-state index is 0.0254. The van der Waals surface area contributed by atoms with Gasteiger partial charge in [0.05, 0.1) is 11.4 Å². The van der Waals surface area contributed by atoms with Gasteiger partial charge < -0.3 is 4.90 Å². The predicted octanol–water partition coefficient (Wildman–Crippen LogP) is 1.84. The summed E-state index contributed by atoms with van der Waals surface area (Å²) in [4.78, 5) is 45.3. The van der Waals surface area contributed by atoms with E-state index >= 15 is 0 Å². The molecule has 1 aliphatic rings. The Morgan fingerprint density at radius 2 is 2.00 bits per heavy atom. The van der Waals surface area contributed by atoms with Crippen molar-refractivity contribution in [3.05, 3.63) is 60.6 Å². The van der Waals surface area contributed by atoms with E-state index in [1.165, 1.54) is 22.1 Å². The molecule has 0 spiro atoms. The Labute approximate surface area is 159 Å². The van der Waals surface area contributed by atoms with Crippen LogP contribution in [-0.4, -0.2) is 31.5 Å². The van der Waals surface area contributed by atoms with Gasteiger partial charge in [0, 0.05) is 25.5 Å². The number of thiophene rings is 1. The van der Waals surface area contributed by atoms with Gasteiger partial charge in [-0.15, -0.1) is 11.3 Å². The van der Waals surface area contributed by atoms with Crippen LogP contribution in [0.4, 0.5) is 0 Å². The first kappa shape index (κ1) is 17.7. The highest BCUT2D eigenvalue weighted by molar-refractivity contribution is 7.10. The van der Waals surface area contributed by atoms with Crippen LogP contribution in [0.25, 0.3) is 11.0 Å². The van der Waals surface area contributed by atoms with Crippen molar-refractivity contribution < 1.29 is 4.79 Å². The molecular formula is C19H20N4O3S. The largest absolute Gasteiger partial charge is 0.332 e. The van der Waals surface area contributed by atoms with Gasteiger partial charge in [-0.05, 0) is 42.0 Å². The van der Waals surface area contributed by atoms with Crippen molar-refractivity contribution in [3.8, 4) is 0 Å². The van der Waals surface area contributed by atoms with Crippen LogP contribution >= 0.6 is 11.3 Å². The second kappa shape index (κ2) is 6.45. The summed E-state index contributed by atoms with van der Waals surface area (Å²) in [5.41, 5.74) is 0.825. The molecule has 8 heteroatoms. The Balaban J connectivity index is 1.80. The monoisotopic (exact) mass is 384 g/mol. The van der Waals surface area contributed by atoms with Crippen LogP contribution in [0.1, 0.15) is 40.3 Å². The maximum atomic E-state index is 13.2. The fraction of sp³-hybridized carbons (Fsp3) is 0.368. The molecule has 0 fully saturated rings. The van der Waals surface area contributed by atoms with E-state index in [2.05, 4.69) is 23.4 Å². The molecule has 0 saturated heterocycles. The Hall–Kier alpha value is -2.74. The van der Waals surface area contributed by atoms with Crippen molar-refractivity contribution in [3.63, 3.8) is 0 Å². The smallest absolute Gasteiger partial charge is 0.330 e. The van der Waals surface area contributed by atoms with Crippen LogP contribution in [0.15, 0.2) is 33.2 Å². The minimum Gasteiger partial charge on any atom is -0.330 e. The summed E-state index contributed by atoms with van der Waals surface area (Å²) in [6.07, 6.45) is 1.66. The third-order valence-corrected chi connectivity index (χ3v) is 6.26. The SMILES string of the molecule is CCC1c2ccsc2CCN1C(=O)c1ccc2c(=O)n(C)c(=O)n(C)c2n1. The number of hydrogen-bond donors (Lipinski definition) is 0. The van der Waals surface area contributed by atoms with E-state index in [1.54, 1.807) is 30.5 Å². The molecule has 1 aliphatic heterocycles. The van der Waals surface area contributed by atoms with E-state index in [1.807, 2.05) is 4.90 Å². The minimum atomic E-state index is -0.461. The van der Waals surface area contributed by atoms with Crippen LogP contribution in [0.2, 0.25) is 0 Å². The molecule has 0 saturated carbocycles. The summed E-state index contributed by atoms with van der Waals surface area (Å²) in [6.45, 7) is 2.71. The number of pyridine rings is 1. The zero-order valence-electron chi connectivity index (χ0n) is 15.4. The molecule has 1 atom stereocenters. The first-order chi connectivity index (χ1) is 12.9. The Bertz CT molecular complexity index is 1170. The maximum absolute atomic E-state index is 13.2. The first-order valence-corrected chi connectivity index (χ1v) is 9.76. The number of carbonyl (C=O) groups excluding carboxylic acids is 1. The molecule has 0 bridgehead atoms. The molecule has 140 valence electrons. The number of nitrogens with zero attached hydrogens (tertiary/aromatic N) is 4. The van der Waals surface area contributed by atoms with Crippen molar-refractivity contribution >= 4 is 28.3 Å². The normalized spacial score (nSPS) is 16.6. The lowest BCUT2D eigenvalue weighted by Crippen LogP contribution is -2.40. The molecule has 1 unspecified atom stereocenters. The highest BCUT2D eigenvalue weighted by Gasteiger charge is 2.31. The predicted molar refractivity (Wildman–Crippen MR) is 104 cm³/mol. The Morgan fingerprint density at radius 1 is 1.22 bits per heavy atom. The molecule has 0 radical (unpaired) electrons. The van der Waals surface area contributed by atoms with E-state index in [4.69, 9.17) is 0 Å². The highest BCUT2D eigenvalue weighted by atomic mass is 32.1. The molecule has 7 nitrogen and oxygen atoms in total. The fourth-order valence-electron chi connectivity index (χ4n) is 3.80. The third kappa shape index (κ3) is 2.63. The second-order valence-corrected chi connectivity index (χ2v) is 7.75. The van der Waals surface area contributed by atoms with E-state index in [9.17, 15) is 14.4 Å². The van der Waals surface area contributed by atoms with E-state index in [0.717, 1.165) is 17.4 Å². The molecule has 0 N–H and O–H groups in total. The number of aryl methyl sites for hydroxylation is 1. The lowest BCUT2D eigenvalue weighted by Gasteiger charge is -2.35. The van der Waals surface area contributed by atoms with Crippen molar-refractivity contribution in [2.45, 2.75) is 25.8 Å². The van der Waals surface area contributed by atoms with Crippen molar-refractivity contribution in [1.29, 1.82) is 0 Å². The van der Waals surface area contributed by atoms with Crippen LogP contribution < -0.4 is 11.2 Å². The fourth-order valence-corrected chi connectivity index (χ4v) is 4.73. The zero-order chi connectivity index (χ0) is 19.3. The lowest BCUT2D eigenvalue weighted by atomic mass is 9.97. The standard InChI is InChI=1S/C19H20N4O3S/c1-4-14-11-8-10-27-15(11)7-9-23(14)18(25)13-6-5-12-16(20-13)21(2)19(26)22(3)17(12)24/h5-6,8,10,14H,4,7,9H2,1-3H3. The summed E-state index contributed by atoms with van der Waals surface area (Å²) in [7, 11) is 2.99. The number of aromatic nitrogens is 3. The van der Waals surface area contributed by atoms with Gasteiger partial charge >= 0.3 is 5.69 Å². The molecule has 4 heterocycles. The molecule has 3 aromatic rings. The highest BCUT2D eigenvalue weighted by Crippen LogP contribution is 2.35. The molecule has 1 amide bonds. The molecule has 0 aromatic carbocycles. The Morgan fingerprint density at radius 3 is 2.74 bits per heavy atom. The van der Waals surface area contributed by atoms with Gasteiger partial charge in [-0.2, -0.15) is 0 Å². The maximum Gasteiger partial charge on any atom is 0.332 e. The number of amides is 1. The quantitative estimate of drug-likeness (QED) is 0.676. The number of carbonyl (C=O) groups is 1. The lowest BCUT2D eigenvalue weighted by molar-refractivity contribution is 0.0651. The molecule has 3 aromatic heterocycles. The van der Waals surface area contributed by atoms with Gasteiger partial charge in [0.15, 0.2) is 0 Å². The van der Waals surface area contributed by atoms with Gasteiger partial charge in [-0.1, -0.05) is 6.92 Å². The topological polar surface area (TPSA) is 77.2 Å². The van der Waals surface area contributed by atoms with Gasteiger partial charge in [0.2, 0.25) is 0 Å². The summed E-state index contributed by atoms with van der Waals surface area (Å²) in [5.74, 6) is -0.172. The summed E-state index contributed by atoms with van der Waals surface area (Å²) in [6, 6.07) is 5.27. The van der Waals surface area contributed by atoms with Gasteiger partial charge in [0.25, 0.3) is 11.5 Å². The molecule has 4 rings (SSSR count). The third-order valence-electron chi connectivity index (χ3n) is 5.26.